The van der Waals surface area contributed by atoms with Crippen LogP contribution in [0.2, 0.25) is 0 Å². The number of phenols is 2. The van der Waals surface area contributed by atoms with Gasteiger partial charge in [0.15, 0.2) is 11.5 Å². The summed E-state index contributed by atoms with van der Waals surface area (Å²) in [5, 5.41) is 54.7. The first-order valence-electron chi connectivity index (χ1n) is 23.0. The van der Waals surface area contributed by atoms with Crippen LogP contribution in [0.15, 0.2) is 190 Å². The van der Waals surface area contributed by atoms with Crippen LogP contribution in [-0.4, -0.2) is 48.1 Å². The normalized spacial score (nSPS) is 11.2. The predicted molar refractivity (Wildman–Crippen MR) is 286 cm³/mol. The monoisotopic (exact) mass is 982 g/mol. The smallest absolute Gasteiger partial charge is 0.259 e. The molecule has 0 saturated carbocycles. The van der Waals surface area contributed by atoms with Crippen LogP contribution in [0.5, 0.6) is 23.0 Å². The number of methoxy groups -OCH3 is 2. The number of amides is 4. The number of hydrogen-bond donors (Lipinski definition) is 6. The van der Waals surface area contributed by atoms with Crippen LogP contribution in [0.1, 0.15) is 52.6 Å². The van der Waals surface area contributed by atoms with Gasteiger partial charge in [0.2, 0.25) is 0 Å². The zero-order valence-electron chi connectivity index (χ0n) is 40.3. The summed E-state index contributed by atoms with van der Waals surface area (Å²) in [5.74, 6) is -2.23. The molecule has 0 unspecified atom stereocenters. The zero-order chi connectivity index (χ0) is 51.9. The lowest BCUT2D eigenvalue weighted by molar-refractivity contribution is 0.101. The van der Waals surface area contributed by atoms with E-state index in [1.165, 1.54) is 26.4 Å². The minimum Gasteiger partial charge on any atom is -0.505 e. The molecule has 0 bridgehead atoms. The molecule has 0 aliphatic carbocycles. The molecule has 0 aliphatic heterocycles. The number of aromatic hydroxyl groups is 2. The molecule has 4 amide bonds. The van der Waals surface area contributed by atoms with Crippen LogP contribution < -0.4 is 30.7 Å². The number of carbonyl (C=O) groups is 4. The van der Waals surface area contributed by atoms with Gasteiger partial charge in [-0.25, -0.2) is 0 Å². The number of ether oxygens (including phenoxy) is 2. The molecule has 0 radical (unpaired) electrons. The molecule has 0 aliphatic rings. The second kappa shape index (κ2) is 21.4. The number of hydrogen-bond acceptors (Lipinski definition) is 12. The van der Waals surface area contributed by atoms with Crippen LogP contribution >= 0.6 is 0 Å². The molecule has 0 fully saturated rings. The summed E-state index contributed by atoms with van der Waals surface area (Å²) >= 11 is 0. The lowest BCUT2D eigenvalue weighted by Gasteiger charge is -2.17. The minimum absolute atomic E-state index is 0.0249. The highest BCUT2D eigenvalue weighted by Crippen LogP contribution is 2.42. The Kier molecular flexibility index (Phi) is 14.1. The van der Waals surface area contributed by atoms with Gasteiger partial charge in [-0.2, -0.15) is 10.2 Å². The van der Waals surface area contributed by atoms with E-state index in [1.54, 1.807) is 159 Å². The average molecular weight is 983 g/mol. The van der Waals surface area contributed by atoms with Crippen molar-refractivity contribution in [3.05, 3.63) is 203 Å². The number of rotatable bonds is 14. The average Bonchev–Trinajstić information content (AvgIpc) is 3.42. The molecule has 16 heteroatoms. The van der Waals surface area contributed by atoms with Crippen LogP contribution in [0.3, 0.4) is 0 Å². The van der Waals surface area contributed by atoms with Gasteiger partial charge in [0.05, 0.1) is 36.7 Å². The van der Waals surface area contributed by atoms with Gasteiger partial charge < -0.3 is 41.0 Å². The summed E-state index contributed by atoms with van der Waals surface area (Å²) in [7, 11) is 2.93. The van der Waals surface area contributed by atoms with E-state index in [2.05, 4.69) is 41.7 Å². The Labute approximate surface area is 424 Å². The van der Waals surface area contributed by atoms with Gasteiger partial charge in [-0.3, -0.25) is 19.2 Å². The van der Waals surface area contributed by atoms with Crippen LogP contribution in [0.4, 0.5) is 45.5 Å². The maximum absolute atomic E-state index is 14.1. The van der Waals surface area contributed by atoms with Gasteiger partial charge in [-0.15, -0.1) is 10.2 Å². The van der Waals surface area contributed by atoms with E-state index in [0.29, 0.717) is 66.9 Å². The van der Waals surface area contributed by atoms with Gasteiger partial charge in [-0.1, -0.05) is 84.9 Å². The number of fused-ring (bicyclic) bond motifs is 2. The molecule has 9 rings (SSSR count). The van der Waals surface area contributed by atoms with Crippen molar-refractivity contribution in [3.8, 4) is 23.0 Å². The third kappa shape index (κ3) is 10.6. The first kappa shape index (κ1) is 48.8. The van der Waals surface area contributed by atoms with E-state index >= 15 is 0 Å². The highest BCUT2D eigenvalue weighted by molar-refractivity contribution is 6.14. The third-order valence-electron chi connectivity index (χ3n) is 12.1. The summed E-state index contributed by atoms with van der Waals surface area (Å²) in [6.07, 6.45) is 0. The van der Waals surface area contributed by atoms with E-state index in [0.717, 1.165) is 0 Å². The topological polar surface area (TPSA) is 225 Å². The van der Waals surface area contributed by atoms with Crippen molar-refractivity contribution in [1.82, 2.24) is 0 Å². The molecular formula is C58H46N8O8. The summed E-state index contributed by atoms with van der Waals surface area (Å²) in [5.41, 5.74) is 4.13. The molecule has 366 valence electrons. The number of anilines is 4. The molecule has 0 atom stereocenters. The quantitative estimate of drug-likeness (QED) is 0.0573. The second-order valence-corrected chi connectivity index (χ2v) is 16.9. The van der Waals surface area contributed by atoms with Crippen molar-refractivity contribution in [2.24, 2.45) is 20.5 Å². The molecule has 0 saturated heterocycles. The molecule has 9 aromatic carbocycles. The number of phenolic OH excluding ortho intramolecular Hbond substituents is 2. The van der Waals surface area contributed by atoms with E-state index in [9.17, 15) is 29.4 Å². The number of carbonyl (C=O) groups excluding carboxylic acids is 4. The predicted octanol–water partition coefficient (Wildman–Crippen LogP) is 13.9. The van der Waals surface area contributed by atoms with E-state index in [1.807, 2.05) is 12.1 Å². The summed E-state index contributed by atoms with van der Waals surface area (Å²) < 4.78 is 10.9. The fourth-order valence-corrected chi connectivity index (χ4v) is 8.10. The highest BCUT2D eigenvalue weighted by atomic mass is 16.5. The molecular weight excluding hydrogens is 937 g/mol. The van der Waals surface area contributed by atoms with Crippen LogP contribution in [0.25, 0.3) is 21.5 Å². The lowest BCUT2D eigenvalue weighted by Crippen LogP contribution is -2.16. The Morgan fingerprint density at radius 3 is 1.19 bits per heavy atom. The number of benzene rings is 9. The Balaban J connectivity index is 0.954. The fourth-order valence-electron chi connectivity index (χ4n) is 8.10. The van der Waals surface area contributed by atoms with Gasteiger partial charge in [0.25, 0.3) is 23.6 Å². The maximum Gasteiger partial charge on any atom is 0.259 e. The van der Waals surface area contributed by atoms with Crippen molar-refractivity contribution >= 4 is 90.7 Å². The second-order valence-electron chi connectivity index (χ2n) is 16.9. The van der Waals surface area contributed by atoms with Gasteiger partial charge >= 0.3 is 0 Å². The Morgan fingerprint density at radius 2 is 0.797 bits per heavy atom. The van der Waals surface area contributed by atoms with Crippen molar-refractivity contribution in [1.29, 1.82) is 0 Å². The molecule has 0 aromatic heterocycles. The van der Waals surface area contributed by atoms with Crippen molar-refractivity contribution in [2.45, 2.75) is 13.8 Å². The van der Waals surface area contributed by atoms with Crippen LogP contribution in [-0.2, 0) is 0 Å². The molecule has 16 nitrogen and oxygen atoms in total. The van der Waals surface area contributed by atoms with Crippen molar-refractivity contribution < 1.29 is 38.9 Å². The van der Waals surface area contributed by atoms with E-state index in [4.69, 9.17) is 9.47 Å². The number of nitrogens with zero attached hydrogens (tertiary/aromatic N) is 4. The van der Waals surface area contributed by atoms with Gasteiger partial charge in [0, 0.05) is 56.8 Å². The first-order chi connectivity index (χ1) is 35.9. The van der Waals surface area contributed by atoms with E-state index in [-0.39, 0.29) is 45.0 Å². The highest BCUT2D eigenvalue weighted by Gasteiger charge is 2.23. The molecule has 9 aromatic rings. The molecule has 0 heterocycles. The summed E-state index contributed by atoms with van der Waals surface area (Å²) in [6.45, 7) is 3.54. The van der Waals surface area contributed by atoms with Gasteiger partial charge in [0.1, 0.15) is 22.9 Å². The molecule has 0 spiro atoms. The van der Waals surface area contributed by atoms with Crippen molar-refractivity contribution in [3.63, 3.8) is 0 Å². The maximum atomic E-state index is 14.1. The summed E-state index contributed by atoms with van der Waals surface area (Å²) in [6, 6.07) is 47.8. The Bertz CT molecular complexity index is 3490. The Hall–Kier alpha value is -10.2. The van der Waals surface area contributed by atoms with Gasteiger partial charge in [-0.05, 0) is 109 Å². The summed E-state index contributed by atoms with van der Waals surface area (Å²) in [4.78, 5) is 54.6. The molecule has 74 heavy (non-hydrogen) atoms. The SMILES string of the molecule is COc1cc(N=Nc2c(O)c(C(=O)Nc3ccc(NC(=O)c4cc5ccccc5c(N=Nc5cc(OC)cc(C(=O)Nc6ccccc6)c5)c4O)c(C)c3C)cc3ccccc23)cc(C(=O)Nc2ccccc2)c1. The number of para-hydroxylation sites is 2. The standard InChI is InChI=1S/C58H46N8O8/c1-33-34(2)50(62-58(72)48-30-36-16-12-14-22-46(36)52(54(48)68)66-64-42-26-38(28-44(32-42)74-4)56(70)60-40-19-9-6-10-20-40)24-23-49(33)61-57(71)47-29-35-15-11-13-21-45(35)51(53(47)67)65-63-41-25-37(27-43(31-41)73-3)55(69)59-39-17-7-5-8-18-39/h5-32,67-68H,1-4H3,(H,59,69)(H,60,70)(H,61,71)(H,62,72). The van der Waals surface area contributed by atoms with Crippen LogP contribution in [0, 0.1) is 13.8 Å². The number of azo groups is 2. The largest absolute Gasteiger partial charge is 0.505 e. The number of nitrogens with one attached hydrogen (secondary N) is 4. The lowest BCUT2D eigenvalue weighted by atomic mass is 10.0. The Morgan fingerprint density at radius 1 is 0.419 bits per heavy atom. The zero-order valence-corrected chi connectivity index (χ0v) is 40.3. The fraction of sp³-hybridized carbons (Fsp3) is 0.0690. The molecule has 6 N–H and O–H groups in total. The third-order valence-corrected chi connectivity index (χ3v) is 12.1. The minimum atomic E-state index is -0.645. The van der Waals surface area contributed by atoms with E-state index < -0.39 is 35.1 Å². The van der Waals surface area contributed by atoms with Crippen molar-refractivity contribution in [2.75, 3.05) is 35.5 Å². The first-order valence-corrected chi connectivity index (χ1v) is 23.0.